The Kier molecular flexibility index (Phi) is 8.37. The van der Waals surface area contributed by atoms with Gasteiger partial charge in [-0.15, -0.1) is 0 Å². The number of aromatic nitrogens is 1. The Hall–Kier alpha value is -2.54. The summed E-state index contributed by atoms with van der Waals surface area (Å²) in [4.78, 5) is 11.2. The molecule has 2 aromatic heterocycles. The molecule has 3 rings (SSSR count). The van der Waals surface area contributed by atoms with Gasteiger partial charge in [0.25, 0.3) is 0 Å². The van der Waals surface area contributed by atoms with Crippen molar-refractivity contribution in [3.63, 3.8) is 0 Å². The van der Waals surface area contributed by atoms with Crippen LogP contribution in [0.1, 0.15) is 50.0 Å². The fraction of sp³-hybridized carbons (Fsp3) is 0.545. The maximum Gasteiger partial charge on any atom is 0.218 e. The van der Waals surface area contributed by atoms with Crippen molar-refractivity contribution in [3.05, 3.63) is 48.0 Å². The van der Waals surface area contributed by atoms with Gasteiger partial charge in [-0.25, -0.2) is 4.98 Å². The number of piperidine rings is 1. The number of furan rings is 1. The molecule has 1 fully saturated rings. The summed E-state index contributed by atoms with van der Waals surface area (Å²) in [5, 5.41) is 6.84. The summed E-state index contributed by atoms with van der Waals surface area (Å²) in [6.45, 7) is 6.29. The summed E-state index contributed by atoms with van der Waals surface area (Å²) >= 11 is 0. The first-order valence-corrected chi connectivity index (χ1v) is 10.6. The van der Waals surface area contributed by atoms with E-state index in [9.17, 15) is 0 Å². The number of hydrogen-bond acceptors (Lipinski definition) is 5. The van der Waals surface area contributed by atoms with Gasteiger partial charge in [0.05, 0.1) is 18.9 Å². The predicted octanol–water partition coefficient (Wildman–Crippen LogP) is 3.36. The predicted molar refractivity (Wildman–Crippen MR) is 115 cm³/mol. The summed E-state index contributed by atoms with van der Waals surface area (Å²) in [6, 6.07) is 8.17. The van der Waals surface area contributed by atoms with Crippen LogP contribution < -0.4 is 15.4 Å². The van der Waals surface area contributed by atoms with Crippen molar-refractivity contribution in [2.24, 2.45) is 4.99 Å². The zero-order valence-corrected chi connectivity index (χ0v) is 17.6. The van der Waals surface area contributed by atoms with Crippen molar-refractivity contribution in [2.75, 3.05) is 33.3 Å². The first-order valence-electron chi connectivity index (χ1n) is 10.6. The van der Waals surface area contributed by atoms with E-state index < -0.39 is 0 Å². The van der Waals surface area contributed by atoms with Crippen molar-refractivity contribution in [1.82, 2.24) is 20.5 Å². The Morgan fingerprint density at radius 1 is 1.24 bits per heavy atom. The van der Waals surface area contributed by atoms with E-state index in [2.05, 4.69) is 38.5 Å². The monoisotopic (exact) mass is 399 g/mol. The topological polar surface area (TPSA) is 74.9 Å². The minimum absolute atomic E-state index is 0.200. The second-order valence-corrected chi connectivity index (χ2v) is 7.25. The highest BCUT2D eigenvalue weighted by molar-refractivity contribution is 5.79. The number of rotatable bonds is 9. The molecule has 7 nitrogen and oxygen atoms in total. The van der Waals surface area contributed by atoms with E-state index in [0.717, 1.165) is 43.3 Å². The van der Waals surface area contributed by atoms with Crippen LogP contribution in [-0.2, 0) is 6.54 Å². The quantitative estimate of drug-likeness (QED) is 0.498. The lowest BCUT2D eigenvalue weighted by molar-refractivity contribution is 0.146. The first-order chi connectivity index (χ1) is 14.3. The van der Waals surface area contributed by atoms with Gasteiger partial charge in [0.15, 0.2) is 5.96 Å². The van der Waals surface area contributed by atoms with Gasteiger partial charge in [-0.1, -0.05) is 19.4 Å². The minimum Gasteiger partial charge on any atom is -0.477 e. The van der Waals surface area contributed by atoms with E-state index in [-0.39, 0.29) is 6.04 Å². The van der Waals surface area contributed by atoms with Gasteiger partial charge in [0, 0.05) is 31.9 Å². The van der Waals surface area contributed by atoms with Crippen LogP contribution in [0.25, 0.3) is 0 Å². The number of nitrogens with zero attached hydrogens (tertiary/aromatic N) is 3. The van der Waals surface area contributed by atoms with Gasteiger partial charge < -0.3 is 19.8 Å². The summed E-state index contributed by atoms with van der Waals surface area (Å²) in [5.74, 6) is 2.43. The fourth-order valence-corrected chi connectivity index (χ4v) is 3.60. The molecule has 2 N–H and O–H groups in total. The van der Waals surface area contributed by atoms with Crippen LogP contribution in [0.2, 0.25) is 0 Å². The lowest BCUT2D eigenvalue weighted by Crippen LogP contribution is -2.44. The summed E-state index contributed by atoms with van der Waals surface area (Å²) in [6.07, 6.45) is 8.26. The van der Waals surface area contributed by atoms with Crippen LogP contribution in [-0.4, -0.2) is 49.1 Å². The summed E-state index contributed by atoms with van der Waals surface area (Å²) in [5.41, 5.74) is 1.02. The molecule has 1 aliphatic heterocycles. The van der Waals surface area contributed by atoms with E-state index in [0.29, 0.717) is 19.0 Å². The highest BCUT2D eigenvalue weighted by atomic mass is 16.5. The highest BCUT2D eigenvalue weighted by Crippen LogP contribution is 2.24. The van der Waals surface area contributed by atoms with Crippen molar-refractivity contribution < 1.29 is 9.15 Å². The fourth-order valence-electron chi connectivity index (χ4n) is 3.60. The Morgan fingerprint density at radius 3 is 2.83 bits per heavy atom. The Labute approximate surface area is 173 Å². The molecule has 2 aromatic rings. The lowest BCUT2D eigenvalue weighted by atomic mass is 10.1. The Balaban J connectivity index is 1.58. The molecular formula is C22H33N5O2. The number of pyridine rings is 1. The number of ether oxygens (including phenoxy) is 1. The molecule has 1 unspecified atom stereocenters. The van der Waals surface area contributed by atoms with Gasteiger partial charge >= 0.3 is 0 Å². The third-order valence-corrected chi connectivity index (χ3v) is 5.13. The average molecular weight is 400 g/mol. The molecule has 0 aliphatic carbocycles. The van der Waals surface area contributed by atoms with Crippen LogP contribution in [0.15, 0.2) is 46.1 Å². The largest absolute Gasteiger partial charge is 0.477 e. The minimum atomic E-state index is 0.200. The third-order valence-electron chi connectivity index (χ3n) is 5.13. The van der Waals surface area contributed by atoms with E-state index in [1.807, 2.05) is 18.2 Å². The van der Waals surface area contributed by atoms with Crippen molar-refractivity contribution in [1.29, 1.82) is 0 Å². The van der Waals surface area contributed by atoms with E-state index in [1.54, 1.807) is 19.5 Å². The molecule has 1 aliphatic rings. The second kappa shape index (κ2) is 11.5. The number of likely N-dealkylation sites (tertiary alicyclic amines) is 1. The maximum atomic E-state index is 5.75. The van der Waals surface area contributed by atoms with E-state index >= 15 is 0 Å². The molecule has 0 radical (unpaired) electrons. The van der Waals surface area contributed by atoms with Crippen LogP contribution in [0.5, 0.6) is 5.88 Å². The molecule has 1 saturated heterocycles. The molecule has 0 spiro atoms. The number of aliphatic imine (C=N–C) groups is 1. The number of hydrogen-bond donors (Lipinski definition) is 2. The third kappa shape index (κ3) is 6.22. The zero-order chi connectivity index (χ0) is 20.3. The van der Waals surface area contributed by atoms with Crippen LogP contribution in [0.4, 0.5) is 0 Å². The number of guanidine groups is 1. The molecular weight excluding hydrogens is 366 g/mol. The SMILES string of the molecule is CCCOc1ncccc1CNC(=NC)NCC(c1ccco1)N1CCCCC1. The van der Waals surface area contributed by atoms with Gasteiger partial charge in [0.2, 0.25) is 5.88 Å². The molecule has 3 heterocycles. The van der Waals surface area contributed by atoms with Gasteiger partial charge in [-0.05, 0) is 50.6 Å². The normalized spacial score (nSPS) is 16.4. The van der Waals surface area contributed by atoms with Crippen LogP contribution >= 0.6 is 0 Å². The Morgan fingerprint density at radius 2 is 2.10 bits per heavy atom. The first kappa shape index (κ1) is 21.2. The molecule has 0 aromatic carbocycles. The molecule has 7 heteroatoms. The van der Waals surface area contributed by atoms with E-state index in [1.165, 1.54) is 19.3 Å². The molecule has 0 saturated carbocycles. The van der Waals surface area contributed by atoms with E-state index in [4.69, 9.17) is 9.15 Å². The molecule has 158 valence electrons. The summed E-state index contributed by atoms with van der Waals surface area (Å²) < 4.78 is 11.5. The van der Waals surface area contributed by atoms with Crippen LogP contribution in [0.3, 0.4) is 0 Å². The average Bonchev–Trinajstić information content (AvgIpc) is 3.30. The summed E-state index contributed by atoms with van der Waals surface area (Å²) in [7, 11) is 1.79. The van der Waals surface area contributed by atoms with Crippen molar-refractivity contribution in [2.45, 2.75) is 45.2 Å². The van der Waals surface area contributed by atoms with Crippen molar-refractivity contribution >= 4 is 5.96 Å². The zero-order valence-electron chi connectivity index (χ0n) is 17.6. The molecule has 0 amide bonds. The van der Waals surface area contributed by atoms with Crippen LogP contribution in [0, 0.1) is 0 Å². The highest BCUT2D eigenvalue weighted by Gasteiger charge is 2.24. The number of nitrogens with one attached hydrogen (secondary N) is 2. The lowest BCUT2D eigenvalue weighted by Gasteiger charge is -2.33. The standard InChI is InChI=1S/C22H33N5O2/c1-3-14-29-21-18(9-7-11-24-21)16-25-22(23-2)26-17-19(20-10-8-15-28-20)27-12-5-4-6-13-27/h7-11,15,19H,3-6,12-14,16-17H2,1-2H3,(H2,23,25,26). The van der Waals surface area contributed by atoms with Gasteiger partial charge in [0.1, 0.15) is 5.76 Å². The molecule has 29 heavy (non-hydrogen) atoms. The maximum absolute atomic E-state index is 5.75. The molecule has 1 atom stereocenters. The Bertz CT molecular complexity index is 741. The smallest absolute Gasteiger partial charge is 0.218 e. The van der Waals surface area contributed by atoms with Gasteiger partial charge in [-0.3, -0.25) is 9.89 Å². The van der Waals surface area contributed by atoms with Gasteiger partial charge in [-0.2, -0.15) is 0 Å². The molecule has 0 bridgehead atoms. The second-order valence-electron chi connectivity index (χ2n) is 7.25. The van der Waals surface area contributed by atoms with Crippen molar-refractivity contribution in [3.8, 4) is 5.88 Å².